The topological polar surface area (TPSA) is 69.7 Å². The van der Waals surface area contributed by atoms with E-state index in [4.69, 9.17) is 0 Å². The fourth-order valence-corrected chi connectivity index (χ4v) is 4.58. The van der Waals surface area contributed by atoms with Crippen LogP contribution in [0.15, 0.2) is 42.5 Å². The molecule has 0 radical (unpaired) electrons. The van der Waals surface area contributed by atoms with Crippen LogP contribution in [0.1, 0.15) is 54.2 Å². The van der Waals surface area contributed by atoms with Crippen molar-refractivity contribution in [1.29, 1.82) is 0 Å². The van der Waals surface area contributed by atoms with Crippen molar-refractivity contribution in [3.05, 3.63) is 59.2 Å². The number of nitrogens with zero attached hydrogens (tertiary/aromatic N) is 2. The number of piperidine rings is 1. The first-order chi connectivity index (χ1) is 14.6. The van der Waals surface area contributed by atoms with Crippen molar-refractivity contribution in [2.24, 2.45) is 5.92 Å². The van der Waals surface area contributed by atoms with Gasteiger partial charge in [-0.15, -0.1) is 0 Å². The molecule has 2 unspecified atom stereocenters. The molecule has 3 rings (SSSR count). The number of nitrogens with one attached hydrogen (secondary N) is 1. The van der Waals surface area contributed by atoms with E-state index in [1.165, 1.54) is 29.9 Å². The number of benzene rings is 2. The number of hydrogen-bond acceptors (Lipinski definition) is 4. The smallest absolute Gasteiger partial charge is 0.251 e. The maximum absolute atomic E-state index is 12.8. The molecule has 2 aromatic carbocycles. The quantitative estimate of drug-likeness (QED) is 0.729. The largest absolute Gasteiger partial charge is 0.371 e. The monoisotopic (exact) mass is 443 g/mol. The van der Waals surface area contributed by atoms with Gasteiger partial charge in [0.1, 0.15) is 0 Å². The summed E-state index contributed by atoms with van der Waals surface area (Å²) in [4.78, 5) is 15.3. The molecule has 1 amide bonds. The van der Waals surface area contributed by atoms with Gasteiger partial charge < -0.3 is 10.2 Å². The zero-order chi connectivity index (χ0) is 22.8. The van der Waals surface area contributed by atoms with E-state index in [0.29, 0.717) is 17.2 Å². The summed E-state index contributed by atoms with van der Waals surface area (Å²) in [6.07, 6.45) is 3.66. The number of carbonyl (C=O) groups is 1. The zero-order valence-corrected chi connectivity index (χ0v) is 19.9. The highest BCUT2D eigenvalue weighted by Crippen LogP contribution is 2.26. The van der Waals surface area contributed by atoms with Crippen molar-refractivity contribution in [1.82, 2.24) is 5.32 Å². The highest BCUT2D eigenvalue weighted by Gasteiger charge is 2.19. The lowest BCUT2D eigenvalue weighted by Gasteiger charge is -2.33. The summed E-state index contributed by atoms with van der Waals surface area (Å²) in [5.74, 6) is 0.484. The normalized spacial score (nSPS) is 17.8. The fraction of sp³-hybridized carbons (Fsp3) is 0.458. The zero-order valence-electron chi connectivity index (χ0n) is 19.1. The molecule has 0 aliphatic carbocycles. The maximum Gasteiger partial charge on any atom is 0.251 e. The number of rotatable bonds is 6. The number of aryl methyl sites for hydroxylation is 1. The Kier molecular flexibility index (Phi) is 6.94. The van der Waals surface area contributed by atoms with Crippen LogP contribution in [-0.2, 0) is 10.0 Å². The molecule has 1 N–H and O–H groups in total. The molecular weight excluding hydrogens is 410 g/mol. The van der Waals surface area contributed by atoms with E-state index >= 15 is 0 Å². The van der Waals surface area contributed by atoms with Gasteiger partial charge >= 0.3 is 0 Å². The third kappa shape index (κ3) is 5.58. The van der Waals surface area contributed by atoms with Crippen molar-refractivity contribution in [3.63, 3.8) is 0 Å². The van der Waals surface area contributed by atoms with Crippen molar-refractivity contribution < 1.29 is 13.2 Å². The van der Waals surface area contributed by atoms with Crippen LogP contribution in [0.4, 0.5) is 11.4 Å². The Balaban J connectivity index is 1.70. The third-order valence-electron chi connectivity index (χ3n) is 6.07. The van der Waals surface area contributed by atoms with Gasteiger partial charge in [-0.25, -0.2) is 8.42 Å². The van der Waals surface area contributed by atoms with Gasteiger partial charge in [-0.05, 0) is 68.0 Å². The summed E-state index contributed by atoms with van der Waals surface area (Å²) in [7, 11) is -1.91. The highest BCUT2D eigenvalue weighted by molar-refractivity contribution is 7.92. The minimum Gasteiger partial charge on any atom is -0.371 e. The van der Waals surface area contributed by atoms with E-state index in [9.17, 15) is 13.2 Å². The number of carbonyl (C=O) groups excluding carboxylic acids is 1. The molecule has 0 bridgehead atoms. The van der Waals surface area contributed by atoms with Crippen LogP contribution in [0.2, 0.25) is 0 Å². The van der Waals surface area contributed by atoms with Gasteiger partial charge in [-0.1, -0.05) is 25.1 Å². The third-order valence-corrected chi connectivity index (χ3v) is 7.26. The fourth-order valence-electron chi connectivity index (χ4n) is 4.03. The summed E-state index contributed by atoms with van der Waals surface area (Å²) in [5.41, 5.74) is 3.98. The second-order valence-electron chi connectivity index (χ2n) is 8.71. The van der Waals surface area contributed by atoms with Crippen molar-refractivity contribution in [2.75, 3.05) is 35.6 Å². The lowest BCUT2D eigenvalue weighted by Crippen LogP contribution is -2.34. The summed E-state index contributed by atoms with van der Waals surface area (Å²) in [6.45, 7) is 8.25. The molecule has 1 heterocycles. The van der Waals surface area contributed by atoms with Crippen molar-refractivity contribution >= 4 is 27.3 Å². The molecule has 1 aliphatic rings. The van der Waals surface area contributed by atoms with Gasteiger partial charge in [0.05, 0.1) is 18.0 Å². The Bertz CT molecular complexity index is 1030. The summed E-state index contributed by atoms with van der Waals surface area (Å²) < 4.78 is 25.0. The molecule has 2 atom stereocenters. The van der Waals surface area contributed by atoms with Gasteiger partial charge in [-0.3, -0.25) is 9.10 Å². The summed E-state index contributed by atoms with van der Waals surface area (Å²) in [6, 6.07) is 13.3. The van der Waals surface area contributed by atoms with Gasteiger partial charge in [0.25, 0.3) is 5.91 Å². The molecule has 6 nitrogen and oxygen atoms in total. The van der Waals surface area contributed by atoms with Crippen LogP contribution in [0.25, 0.3) is 0 Å². The number of anilines is 2. The highest BCUT2D eigenvalue weighted by atomic mass is 32.2. The molecule has 0 saturated carbocycles. The standard InChI is InChI=1S/C24H33N3O3S/c1-17-7-6-14-27(16-17)22-12-10-20(11-13-22)19(3)25-24(28)21-9-8-18(2)23(15-21)26(4)31(5,29)30/h8-13,15,17,19H,6-7,14,16H2,1-5H3,(H,25,28). The van der Waals surface area contributed by atoms with Crippen LogP contribution in [0.5, 0.6) is 0 Å². The average molecular weight is 444 g/mol. The molecule has 0 spiro atoms. The van der Waals surface area contributed by atoms with Crippen LogP contribution >= 0.6 is 0 Å². The number of sulfonamides is 1. The van der Waals surface area contributed by atoms with Gasteiger partial charge in [-0.2, -0.15) is 0 Å². The Morgan fingerprint density at radius 2 is 1.87 bits per heavy atom. The van der Waals surface area contributed by atoms with Gasteiger partial charge in [0.2, 0.25) is 10.0 Å². The van der Waals surface area contributed by atoms with E-state index in [2.05, 4.69) is 41.4 Å². The van der Waals surface area contributed by atoms with E-state index in [1.807, 2.05) is 13.8 Å². The minimum atomic E-state index is -3.41. The first kappa shape index (κ1) is 23.1. The number of hydrogen-bond donors (Lipinski definition) is 1. The summed E-state index contributed by atoms with van der Waals surface area (Å²) in [5, 5.41) is 3.02. The Labute approximate surface area is 186 Å². The summed E-state index contributed by atoms with van der Waals surface area (Å²) >= 11 is 0. The average Bonchev–Trinajstić information content (AvgIpc) is 2.73. The molecule has 2 aromatic rings. The first-order valence-electron chi connectivity index (χ1n) is 10.8. The molecule has 0 aromatic heterocycles. The van der Waals surface area contributed by atoms with Crippen LogP contribution < -0.4 is 14.5 Å². The molecule has 1 fully saturated rings. The Morgan fingerprint density at radius 3 is 2.48 bits per heavy atom. The maximum atomic E-state index is 12.8. The Hall–Kier alpha value is -2.54. The van der Waals surface area contributed by atoms with Gasteiger partial charge in [0.15, 0.2) is 0 Å². The lowest BCUT2D eigenvalue weighted by atomic mass is 9.99. The minimum absolute atomic E-state index is 0.167. The van der Waals surface area contributed by atoms with E-state index in [1.54, 1.807) is 18.2 Å². The van der Waals surface area contributed by atoms with Crippen molar-refractivity contribution in [3.8, 4) is 0 Å². The predicted octanol–water partition coefficient (Wildman–Crippen LogP) is 4.12. The second-order valence-corrected chi connectivity index (χ2v) is 10.7. The molecule has 168 valence electrons. The van der Waals surface area contributed by atoms with Crippen LogP contribution in [0, 0.1) is 12.8 Å². The van der Waals surface area contributed by atoms with E-state index < -0.39 is 10.0 Å². The van der Waals surface area contributed by atoms with E-state index in [-0.39, 0.29) is 11.9 Å². The predicted molar refractivity (Wildman–Crippen MR) is 127 cm³/mol. The molecule has 31 heavy (non-hydrogen) atoms. The molecular formula is C24H33N3O3S. The lowest BCUT2D eigenvalue weighted by molar-refractivity contribution is 0.0940. The Morgan fingerprint density at radius 1 is 1.19 bits per heavy atom. The molecule has 1 aliphatic heterocycles. The first-order valence-corrected chi connectivity index (χ1v) is 12.6. The van der Waals surface area contributed by atoms with Crippen LogP contribution in [0.3, 0.4) is 0 Å². The van der Waals surface area contributed by atoms with Crippen molar-refractivity contribution in [2.45, 2.75) is 39.7 Å². The van der Waals surface area contributed by atoms with Crippen LogP contribution in [-0.4, -0.2) is 40.7 Å². The molecule has 1 saturated heterocycles. The number of amides is 1. The van der Waals surface area contributed by atoms with E-state index in [0.717, 1.165) is 30.5 Å². The SMILES string of the molecule is Cc1ccc(C(=O)NC(C)c2ccc(N3CCCC(C)C3)cc2)cc1N(C)S(C)(=O)=O. The second kappa shape index (κ2) is 9.30. The van der Waals surface area contributed by atoms with Gasteiger partial charge in [0, 0.05) is 31.4 Å². The molecule has 7 heteroatoms.